The summed E-state index contributed by atoms with van der Waals surface area (Å²) < 4.78 is 15.9. The molecular formula is C18H20FN3. The van der Waals surface area contributed by atoms with Gasteiger partial charge in [0, 0.05) is 12.0 Å². The topological polar surface area (TPSA) is 30.2 Å². The van der Waals surface area contributed by atoms with Crippen LogP contribution >= 0.6 is 0 Å². The van der Waals surface area contributed by atoms with E-state index in [1.165, 1.54) is 38.2 Å². The van der Waals surface area contributed by atoms with Crippen LogP contribution in [0, 0.1) is 19.7 Å². The molecule has 0 unspecified atom stereocenters. The first-order chi connectivity index (χ1) is 10.6. The van der Waals surface area contributed by atoms with Crippen molar-refractivity contribution in [1.29, 1.82) is 0 Å². The number of nitrogens with zero attached hydrogens (tertiary/aromatic N) is 3. The molecule has 0 spiro atoms. The lowest BCUT2D eigenvalue weighted by molar-refractivity contribution is 0.428. The van der Waals surface area contributed by atoms with Crippen molar-refractivity contribution in [2.75, 3.05) is 0 Å². The Kier molecular flexibility index (Phi) is 3.13. The molecule has 2 heterocycles. The average Bonchev–Trinajstić information content (AvgIpc) is 2.88. The highest BCUT2D eigenvalue weighted by atomic mass is 19.1. The zero-order chi connectivity index (χ0) is 15.3. The molecule has 1 aliphatic carbocycles. The summed E-state index contributed by atoms with van der Waals surface area (Å²) in [6, 6.07) is 4.82. The summed E-state index contributed by atoms with van der Waals surface area (Å²) in [4.78, 5) is 9.49. The monoisotopic (exact) mass is 297 g/mol. The molecule has 1 aromatic carbocycles. The lowest BCUT2D eigenvalue weighted by Crippen LogP contribution is -2.09. The summed E-state index contributed by atoms with van der Waals surface area (Å²) in [6.45, 7) is 4.04. The summed E-state index contributed by atoms with van der Waals surface area (Å²) in [5.41, 5.74) is 4.67. The molecule has 1 aliphatic rings. The highest BCUT2D eigenvalue weighted by molar-refractivity contribution is 5.80. The molecule has 0 bridgehead atoms. The molecule has 0 N–H and O–H groups in total. The predicted molar refractivity (Wildman–Crippen MR) is 85.8 cm³/mol. The Labute approximate surface area is 129 Å². The maximum Gasteiger partial charge on any atom is 0.125 e. The quantitative estimate of drug-likeness (QED) is 0.652. The fourth-order valence-electron chi connectivity index (χ4n) is 3.86. The maximum atomic E-state index is 13.8. The zero-order valence-corrected chi connectivity index (χ0v) is 13.1. The van der Waals surface area contributed by atoms with E-state index in [0.29, 0.717) is 5.92 Å². The van der Waals surface area contributed by atoms with Crippen molar-refractivity contribution in [2.45, 2.75) is 51.9 Å². The largest absolute Gasteiger partial charge is 0.292 e. The van der Waals surface area contributed by atoms with Crippen LogP contribution < -0.4 is 0 Å². The number of hydrogen-bond donors (Lipinski definition) is 0. The summed E-state index contributed by atoms with van der Waals surface area (Å²) in [6.07, 6.45) is 6.19. The first kappa shape index (κ1) is 13.7. The van der Waals surface area contributed by atoms with Gasteiger partial charge in [-0.3, -0.25) is 4.40 Å². The molecule has 3 aromatic rings. The van der Waals surface area contributed by atoms with E-state index in [9.17, 15) is 4.39 Å². The maximum absolute atomic E-state index is 13.8. The molecule has 1 saturated carbocycles. The van der Waals surface area contributed by atoms with Crippen LogP contribution in [0.2, 0.25) is 0 Å². The summed E-state index contributed by atoms with van der Waals surface area (Å²) in [5.74, 6) is 1.34. The smallest absolute Gasteiger partial charge is 0.125 e. The fourth-order valence-corrected chi connectivity index (χ4v) is 3.86. The third-order valence-corrected chi connectivity index (χ3v) is 4.86. The fraction of sp³-hybridized carbons (Fsp3) is 0.444. The second-order valence-electron chi connectivity index (χ2n) is 6.40. The Balaban J connectivity index is 2.08. The van der Waals surface area contributed by atoms with Gasteiger partial charge in [-0.2, -0.15) is 0 Å². The van der Waals surface area contributed by atoms with Gasteiger partial charge in [0.1, 0.15) is 11.6 Å². The number of rotatable bonds is 1. The van der Waals surface area contributed by atoms with Crippen LogP contribution in [-0.2, 0) is 0 Å². The lowest BCUT2D eigenvalue weighted by atomic mass is 9.88. The Morgan fingerprint density at radius 2 is 1.77 bits per heavy atom. The predicted octanol–water partition coefficient (Wildman–Crippen LogP) is 4.69. The van der Waals surface area contributed by atoms with Crippen molar-refractivity contribution in [3.05, 3.63) is 41.2 Å². The van der Waals surface area contributed by atoms with Gasteiger partial charge in [0.05, 0.1) is 27.9 Å². The first-order valence-electron chi connectivity index (χ1n) is 8.10. The van der Waals surface area contributed by atoms with Gasteiger partial charge in [-0.15, -0.1) is 0 Å². The van der Waals surface area contributed by atoms with Gasteiger partial charge in [-0.25, -0.2) is 14.4 Å². The van der Waals surface area contributed by atoms with Gasteiger partial charge < -0.3 is 0 Å². The molecule has 114 valence electrons. The third kappa shape index (κ3) is 2.01. The van der Waals surface area contributed by atoms with Gasteiger partial charge in [0.15, 0.2) is 0 Å². The molecule has 4 rings (SSSR count). The Morgan fingerprint density at radius 1 is 1.05 bits per heavy atom. The lowest BCUT2D eigenvalue weighted by Gasteiger charge is -2.21. The van der Waals surface area contributed by atoms with Crippen molar-refractivity contribution in [2.24, 2.45) is 0 Å². The molecule has 0 atom stereocenters. The molecule has 2 aromatic heterocycles. The standard InChI is InChI=1S/C18H20FN3/c1-11-17-12(2)21-18(13-6-4-3-5-7-13)22(17)16-10-14(19)8-9-15(16)20-11/h8-10,13H,3-7H2,1-2H3. The van der Waals surface area contributed by atoms with Gasteiger partial charge in [-0.1, -0.05) is 19.3 Å². The van der Waals surface area contributed by atoms with E-state index in [-0.39, 0.29) is 5.82 Å². The normalized spacial score (nSPS) is 16.7. The zero-order valence-electron chi connectivity index (χ0n) is 13.1. The van der Waals surface area contributed by atoms with Crippen LogP contribution in [0.1, 0.15) is 55.2 Å². The molecule has 0 amide bonds. The summed E-state index contributed by atoms with van der Waals surface area (Å²) >= 11 is 0. The van der Waals surface area contributed by atoms with Crippen LogP contribution in [0.3, 0.4) is 0 Å². The molecule has 3 nitrogen and oxygen atoms in total. The van der Waals surface area contributed by atoms with Crippen molar-refractivity contribution in [3.63, 3.8) is 0 Å². The molecule has 0 aliphatic heterocycles. The number of fused-ring (bicyclic) bond motifs is 3. The van der Waals surface area contributed by atoms with Crippen molar-refractivity contribution in [3.8, 4) is 0 Å². The summed E-state index contributed by atoms with van der Waals surface area (Å²) in [5, 5.41) is 0. The van der Waals surface area contributed by atoms with E-state index in [1.807, 2.05) is 13.8 Å². The van der Waals surface area contributed by atoms with Gasteiger partial charge in [0.2, 0.25) is 0 Å². The average molecular weight is 297 g/mol. The van der Waals surface area contributed by atoms with Crippen LogP contribution in [0.5, 0.6) is 0 Å². The van der Waals surface area contributed by atoms with Crippen molar-refractivity contribution in [1.82, 2.24) is 14.4 Å². The van der Waals surface area contributed by atoms with Gasteiger partial charge in [0.25, 0.3) is 0 Å². The molecule has 4 heteroatoms. The summed E-state index contributed by atoms with van der Waals surface area (Å²) in [7, 11) is 0. The molecule has 0 radical (unpaired) electrons. The number of aromatic nitrogens is 3. The van der Waals surface area contributed by atoms with Gasteiger partial charge in [-0.05, 0) is 38.8 Å². The number of aryl methyl sites for hydroxylation is 2. The van der Waals surface area contributed by atoms with Crippen LogP contribution in [0.15, 0.2) is 18.2 Å². The van der Waals surface area contributed by atoms with E-state index in [2.05, 4.69) is 9.38 Å². The Morgan fingerprint density at radius 3 is 2.55 bits per heavy atom. The molecule has 22 heavy (non-hydrogen) atoms. The van der Waals surface area contributed by atoms with E-state index < -0.39 is 0 Å². The Hall–Kier alpha value is -1.97. The van der Waals surface area contributed by atoms with E-state index in [1.54, 1.807) is 12.1 Å². The molecule has 0 saturated heterocycles. The highest BCUT2D eigenvalue weighted by Crippen LogP contribution is 2.35. The number of benzene rings is 1. The molecule has 1 fully saturated rings. The minimum Gasteiger partial charge on any atom is -0.292 e. The number of hydrogen-bond acceptors (Lipinski definition) is 2. The SMILES string of the molecule is Cc1nc(C2CCCCC2)n2c1c(C)nc1ccc(F)cc12. The van der Waals surface area contributed by atoms with Crippen molar-refractivity contribution >= 4 is 16.6 Å². The Bertz CT molecular complexity index is 860. The van der Waals surface area contributed by atoms with E-state index >= 15 is 0 Å². The number of halogens is 1. The van der Waals surface area contributed by atoms with Crippen molar-refractivity contribution < 1.29 is 4.39 Å². The van der Waals surface area contributed by atoms with E-state index in [0.717, 1.165) is 33.8 Å². The second-order valence-corrected chi connectivity index (χ2v) is 6.40. The number of imidazole rings is 1. The highest BCUT2D eigenvalue weighted by Gasteiger charge is 2.23. The van der Waals surface area contributed by atoms with E-state index in [4.69, 9.17) is 4.98 Å². The minimum atomic E-state index is -0.222. The first-order valence-corrected chi connectivity index (χ1v) is 8.10. The van der Waals surface area contributed by atoms with Crippen LogP contribution in [0.25, 0.3) is 16.6 Å². The van der Waals surface area contributed by atoms with Gasteiger partial charge >= 0.3 is 0 Å². The second kappa shape index (κ2) is 5.04. The van der Waals surface area contributed by atoms with Crippen LogP contribution in [0.4, 0.5) is 4.39 Å². The minimum absolute atomic E-state index is 0.222. The molecular weight excluding hydrogens is 277 g/mol. The third-order valence-electron chi connectivity index (χ3n) is 4.86. The van der Waals surface area contributed by atoms with Crippen LogP contribution in [-0.4, -0.2) is 14.4 Å².